The number of rotatable bonds is 1. The first-order chi connectivity index (χ1) is 12.5. The molecule has 0 saturated carbocycles. The van der Waals surface area contributed by atoms with E-state index < -0.39 is 11.6 Å². The van der Waals surface area contributed by atoms with Crippen molar-refractivity contribution in [2.24, 2.45) is 0 Å². The fourth-order valence-corrected chi connectivity index (χ4v) is 2.45. The first-order valence-corrected chi connectivity index (χ1v) is 8.68. The Morgan fingerprint density at radius 2 is 1.08 bits per heavy atom. The van der Waals surface area contributed by atoms with E-state index in [2.05, 4.69) is 36.1 Å². The van der Waals surface area contributed by atoms with E-state index in [1.807, 2.05) is 45.0 Å². The first kappa shape index (κ1) is 19.4. The van der Waals surface area contributed by atoms with Gasteiger partial charge >= 0.3 is 0 Å². The second-order valence-corrected chi connectivity index (χ2v) is 5.80. The van der Waals surface area contributed by atoms with E-state index >= 15 is 0 Å². The molecule has 0 unspecified atom stereocenters. The molecule has 0 nitrogen and oxygen atoms in total. The molecule has 0 aliphatic heterocycles. The average Bonchev–Trinajstić information content (AvgIpc) is 2.64. The van der Waals surface area contributed by atoms with Crippen LogP contribution >= 0.6 is 0 Å². The van der Waals surface area contributed by atoms with Crippen LogP contribution in [0.5, 0.6) is 0 Å². The molecular formula is C24H22F2. The van der Waals surface area contributed by atoms with Gasteiger partial charge < -0.3 is 0 Å². The molecule has 3 rings (SSSR count). The van der Waals surface area contributed by atoms with Crippen LogP contribution in [0, 0.1) is 37.3 Å². The standard InChI is InChI=1S/C22H16F2.C2H6/c1-15-3-8-18(9-4-15)19-10-5-17(6-11-19)7-12-20-21(23)13-16(2)14-22(20)24;1-2/h3-6,8-11,13-14H,1-2H3;1-2H3. The molecule has 0 bridgehead atoms. The van der Waals surface area contributed by atoms with E-state index in [0.29, 0.717) is 11.1 Å². The molecule has 3 aromatic rings. The first-order valence-electron chi connectivity index (χ1n) is 8.68. The quantitative estimate of drug-likeness (QED) is 0.431. The summed E-state index contributed by atoms with van der Waals surface area (Å²) >= 11 is 0. The van der Waals surface area contributed by atoms with Crippen molar-refractivity contribution in [3.05, 3.63) is 94.6 Å². The van der Waals surface area contributed by atoms with Crippen molar-refractivity contribution in [1.29, 1.82) is 0 Å². The Balaban J connectivity index is 0.00000117. The van der Waals surface area contributed by atoms with Crippen LogP contribution < -0.4 is 0 Å². The fraction of sp³-hybridized carbons (Fsp3) is 0.167. The lowest BCUT2D eigenvalue weighted by Gasteiger charge is -2.02. The molecule has 132 valence electrons. The highest BCUT2D eigenvalue weighted by atomic mass is 19.1. The van der Waals surface area contributed by atoms with Crippen LogP contribution in [0.1, 0.15) is 36.1 Å². The Morgan fingerprint density at radius 3 is 1.58 bits per heavy atom. The average molecular weight is 348 g/mol. The topological polar surface area (TPSA) is 0 Å². The summed E-state index contributed by atoms with van der Waals surface area (Å²) < 4.78 is 27.6. The maximum atomic E-state index is 13.8. The third-order valence-electron chi connectivity index (χ3n) is 3.79. The molecule has 0 saturated heterocycles. The molecule has 0 heterocycles. The molecule has 2 heteroatoms. The van der Waals surface area contributed by atoms with Crippen molar-refractivity contribution < 1.29 is 8.78 Å². The number of halogens is 2. The van der Waals surface area contributed by atoms with Crippen LogP contribution in [0.25, 0.3) is 11.1 Å². The molecule has 0 aliphatic carbocycles. The Labute approximate surface area is 154 Å². The summed E-state index contributed by atoms with van der Waals surface area (Å²) in [6, 6.07) is 18.4. The van der Waals surface area contributed by atoms with Gasteiger partial charge in [0.15, 0.2) is 0 Å². The Morgan fingerprint density at radius 1 is 0.615 bits per heavy atom. The zero-order valence-electron chi connectivity index (χ0n) is 15.5. The van der Waals surface area contributed by atoms with E-state index in [1.54, 1.807) is 6.92 Å². The van der Waals surface area contributed by atoms with Crippen molar-refractivity contribution in [1.82, 2.24) is 0 Å². The summed E-state index contributed by atoms with van der Waals surface area (Å²) in [5, 5.41) is 0. The highest BCUT2D eigenvalue weighted by Gasteiger charge is 2.07. The fourth-order valence-electron chi connectivity index (χ4n) is 2.45. The molecule has 0 fully saturated rings. The number of hydrogen-bond donors (Lipinski definition) is 0. The summed E-state index contributed by atoms with van der Waals surface area (Å²) in [5.74, 6) is 4.15. The Bertz CT molecular complexity index is 902. The second kappa shape index (κ2) is 8.97. The van der Waals surface area contributed by atoms with Crippen molar-refractivity contribution in [3.8, 4) is 23.0 Å². The monoisotopic (exact) mass is 348 g/mol. The lowest BCUT2D eigenvalue weighted by atomic mass is 10.0. The largest absolute Gasteiger partial charge is 0.206 e. The van der Waals surface area contributed by atoms with Crippen molar-refractivity contribution in [2.75, 3.05) is 0 Å². The van der Waals surface area contributed by atoms with Crippen LogP contribution in [0.15, 0.2) is 60.7 Å². The van der Waals surface area contributed by atoms with Crippen LogP contribution in [0.4, 0.5) is 8.78 Å². The number of hydrogen-bond acceptors (Lipinski definition) is 0. The van der Waals surface area contributed by atoms with Crippen molar-refractivity contribution >= 4 is 0 Å². The van der Waals surface area contributed by atoms with Crippen molar-refractivity contribution in [3.63, 3.8) is 0 Å². The van der Waals surface area contributed by atoms with E-state index in [0.717, 1.165) is 11.1 Å². The minimum atomic E-state index is -0.628. The van der Waals surface area contributed by atoms with Gasteiger partial charge in [-0.25, -0.2) is 8.78 Å². The molecule has 0 amide bonds. The number of benzene rings is 3. The third-order valence-corrected chi connectivity index (χ3v) is 3.79. The molecule has 3 aromatic carbocycles. The summed E-state index contributed by atoms with van der Waals surface area (Å²) in [4.78, 5) is 0. The van der Waals surface area contributed by atoms with Gasteiger partial charge in [0.25, 0.3) is 0 Å². The zero-order valence-corrected chi connectivity index (χ0v) is 15.5. The summed E-state index contributed by atoms with van der Waals surface area (Å²) in [5.41, 5.74) is 4.47. The van der Waals surface area contributed by atoms with Crippen LogP contribution in [0.3, 0.4) is 0 Å². The van der Waals surface area contributed by atoms with E-state index in [-0.39, 0.29) is 5.56 Å². The van der Waals surface area contributed by atoms with Gasteiger partial charge in [0.2, 0.25) is 0 Å². The zero-order chi connectivity index (χ0) is 19.1. The summed E-state index contributed by atoms with van der Waals surface area (Å²) in [7, 11) is 0. The van der Waals surface area contributed by atoms with Gasteiger partial charge in [0.05, 0.1) is 5.56 Å². The molecule has 0 atom stereocenters. The van der Waals surface area contributed by atoms with Gasteiger partial charge in [-0.1, -0.05) is 67.6 Å². The summed E-state index contributed by atoms with van der Waals surface area (Å²) in [6.07, 6.45) is 0. The van der Waals surface area contributed by atoms with Gasteiger partial charge in [-0.15, -0.1) is 0 Å². The second-order valence-electron chi connectivity index (χ2n) is 5.80. The molecule has 26 heavy (non-hydrogen) atoms. The third kappa shape index (κ3) is 4.80. The molecule has 0 spiro atoms. The maximum Gasteiger partial charge on any atom is 0.142 e. The Hall–Kier alpha value is -2.92. The highest BCUT2D eigenvalue weighted by molar-refractivity contribution is 5.64. The molecule has 0 radical (unpaired) electrons. The Kier molecular flexibility index (Phi) is 6.69. The maximum absolute atomic E-state index is 13.8. The minimum Gasteiger partial charge on any atom is -0.206 e. The molecule has 0 aliphatic rings. The van der Waals surface area contributed by atoms with Crippen LogP contribution in [-0.2, 0) is 0 Å². The lowest BCUT2D eigenvalue weighted by molar-refractivity contribution is 0.575. The van der Waals surface area contributed by atoms with Crippen LogP contribution in [-0.4, -0.2) is 0 Å². The summed E-state index contributed by atoms with van der Waals surface area (Å²) in [6.45, 7) is 7.69. The van der Waals surface area contributed by atoms with Gasteiger partial charge in [0.1, 0.15) is 11.6 Å². The van der Waals surface area contributed by atoms with E-state index in [4.69, 9.17) is 0 Å². The normalized spacial score (nSPS) is 9.62. The van der Waals surface area contributed by atoms with Crippen LogP contribution in [0.2, 0.25) is 0 Å². The van der Waals surface area contributed by atoms with E-state index in [9.17, 15) is 8.78 Å². The molecule has 0 aromatic heterocycles. The number of aryl methyl sites for hydroxylation is 2. The lowest BCUT2D eigenvalue weighted by Crippen LogP contribution is -1.91. The highest BCUT2D eigenvalue weighted by Crippen LogP contribution is 2.20. The van der Waals surface area contributed by atoms with Crippen molar-refractivity contribution in [2.45, 2.75) is 27.7 Å². The minimum absolute atomic E-state index is 0.191. The molecular weight excluding hydrogens is 326 g/mol. The predicted molar refractivity (Wildman–Crippen MR) is 105 cm³/mol. The predicted octanol–water partition coefficient (Wildman–Crippen LogP) is 6.67. The van der Waals surface area contributed by atoms with Gasteiger partial charge in [-0.2, -0.15) is 0 Å². The van der Waals surface area contributed by atoms with E-state index in [1.165, 1.54) is 17.7 Å². The SMILES string of the molecule is CC.Cc1ccc(-c2ccc(C#Cc3c(F)cc(C)cc3F)cc2)cc1. The van der Waals surface area contributed by atoms with Gasteiger partial charge in [-0.3, -0.25) is 0 Å². The smallest absolute Gasteiger partial charge is 0.142 e. The van der Waals surface area contributed by atoms with Gasteiger partial charge in [0, 0.05) is 5.56 Å². The molecule has 0 N–H and O–H groups in total. The van der Waals surface area contributed by atoms with Gasteiger partial charge in [-0.05, 0) is 54.8 Å².